The number of nitriles is 1. The van der Waals surface area contributed by atoms with Gasteiger partial charge in [-0.1, -0.05) is 12.1 Å². The SMILES string of the molecule is Cc1cn(-c2ccc(/C=C/c3nc4n(n3)CCC[C@@]4(C#N)c3cc(F)c(F)c(F)c3)cc2C)cn1. The van der Waals surface area contributed by atoms with Crippen LogP contribution in [-0.4, -0.2) is 24.3 Å². The molecule has 0 radical (unpaired) electrons. The molecule has 0 amide bonds. The molecular weight excluding hydrogens is 453 g/mol. The van der Waals surface area contributed by atoms with Crippen molar-refractivity contribution in [1.29, 1.82) is 5.26 Å². The number of aromatic nitrogens is 5. The fourth-order valence-electron chi connectivity index (χ4n) is 4.55. The Hall–Kier alpha value is -4.19. The molecule has 1 atom stereocenters. The molecule has 0 aliphatic carbocycles. The van der Waals surface area contributed by atoms with E-state index in [9.17, 15) is 18.4 Å². The summed E-state index contributed by atoms with van der Waals surface area (Å²) < 4.78 is 45.0. The zero-order valence-corrected chi connectivity index (χ0v) is 19.1. The van der Waals surface area contributed by atoms with Crippen LogP contribution in [-0.2, 0) is 12.0 Å². The highest BCUT2D eigenvalue weighted by molar-refractivity contribution is 5.68. The zero-order chi connectivity index (χ0) is 24.7. The summed E-state index contributed by atoms with van der Waals surface area (Å²) >= 11 is 0. The Bertz CT molecular complexity index is 1490. The molecule has 2 aromatic carbocycles. The van der Waals surface area contributed by atoms with E-state index in [1.165, 1.54) is 0 Å². The van der Waals surface area contributed by atoms with Gasteiger partial charge in [0.2, 0.25) is 0 Å². The molecule has 1 aliphatic rings. The topological polar surface area (TPSA) is 72.3 Å². The normalized spacial score (nSPS) is 17.5. The summed E-state index contributed by atoms with van der Waals surface area (Å²) in [5.74, 6) is -3.57. The van der Waals surface area contributed by atoms with Gasteiger partial charge in [-0.25, -0.2) is 27.8 Å². The standard InChI is InChI=1S/C26H21F3N6/c1-16-10-18(4-6-22(16)34-13-17(2)31-15-34)5-7-23-32-25-26(14-30,8-3-9-35(25)33-23)19-11-20(27)24(29)21(28)12-19/h4-7,10-13,15H,3,8-9H2,1-2H3/b7-5+/t26-/m1/s1. The van der Waals surface area contributed by atoms with Crippen molar-refractivity contribution in [3.63, 3.8) is 0 Å². The zero-order valence-electron chi connectivity index (χ0n) is 19.1. The Balaban J connectivity index is 1.48. The fraction of sp³-hybridized carbons (Fsp3) is 0.231. The molecule has 5 rings (SSSR count). The number of halogens is 3. The van der Waals surface area contributed by atoms with Gasteiger partial charge in [-0.2, -0.15) is 10.4 Å². The van der Waals surface area contributed by atoms with E-state index in [2.05, 4.69) is 21.1 Å². The first-order chi connectivity index (χ1) is 16.8. The molecule has 0 saturated carbocycles. The summed E-state index contributed by atoms with van der Waals surface area (Å²) in [4.78, 5) is 8.80. The van der Waals surface area contributed by atoms with E-state index in [1.807, 2.05) is 48.9 Å². The van der Waals surface area contributed by atoms with E-state index in [0.29, 0.717) is 31.0 Å². The van der Waals surface area contributed by atoms with E-state index in [1.54, 1.807) is 17.1 Å². The minimum Gasteiger partial charge on any atom is -0.306 e. The second kappa shape index (κ2) is 8.55. The molecule has 9 heteroatoms. The van der Waals surface area contributed by atoms with Crippen molar-refractivity contribution in [2.75, 3.05) is 0 Å². The Labute approximate surface area is 200 Å². The third-order valence-electron chi connectivity index (χ3n) is 6.29. The van der Waals surface area contributed by atoms with E-state index in [4.69, 9.17) is 0 Å². The summed E-state index contributed by atoms with van der Waals surface area (Å²) in [6.45, 7) is 4.46. The smallest absolute Gasteiger partial charge is 0.194 e. The molecule has 0 unspecified atom stereocenters. The predicted molar refractivity (Wildman–Crippen MR) is 124 cm³/mol. The van der Waals surface area contributed by atoms with Crippen molar-refractivity contribution < 1.29 is 13.2 Å². The summed E-state index contributed by atoms with van der Waals surface area (Å²) in [7, 11) is 0. The first kappa shape index (κ1) is 22.6. The van der Waals surface area contributed by atoms with Crippen molar-refractivity contribution in [3.8, 4) is 11.8 Å². The number of nitrogens with zero attached hydrogens (tertiary/aromatic N) is 6. The Morgan fingerprint density at radius 2 is 1.86 bits per heavy atom. The lowest BCUT2D eigenvalue weighted by Crippen LogP contribution is -2.35. The predicted octanol–water partition coefficient (Wildman–Crippen LogP) is 5.27. The average Bonchev–Trinajstić information content (AvgIpc) is 3.46. The highest BCUT2D eigenvalue weighted by atomic mass is 19.2. The van der Waals surface area contributed by atoms with Gasteiger partial charge < -0.3 is 4.57 Å². The van der Waals surface area contributed by atoms with Crippen LogP contribution in [0.3, 0.4) is 0 Å². The van der Waals surface area contributed by atoms with Gasteiger partial charge in [0.05, 0.1) is 18.1 Å². The van der Waals surface area contributed by atoms with E-state index in [0.717, 1.165) is 34.6 Å². The van der Waals surface area contributed by atoms with Crippen LogP contribution in [0.2, 0.25) is 0 Å². The van der Waals surface area contributed by atoms with Crippen LogP contribution in [0.15, 0.2) is 42.9 Å². The number of imidazole rings is 1. The van der Waals surface area contributed by atoms with Crippen LogP contribution in [0.5, 0.6) is 0 Å². The lowest BCUT2D eigenvalue weighted by molar-refractivity contribution is 0.385. The third-order valence-corrected chi connectivity index (χ3v) is 6.29. The molecule has 2 aromatic heterocycles. The molecule has 6 nitrogen and oxygen atoms in total. The van der Waals surface area contributed by atoms with Gasteiger partial charge in [-0.15, -0.1) is 0 Å². The van der Waals surface area contributed by atoms with Gasteiger partial charge in [0, 0.05) is 18.4 Å². The van der Waals surface area contributed by atoms with Gasteiger partial charge in [0.25, 0.3) is 0 Å². The molecular formula is C26H21F3N6. The van der Waals surface area contributed by atoms with Crippen LogP contribution < -0.4 is 0 Å². The summed E-state index contributed by atoms with van der Waals surface area (Å²) in [5.41, 5.74) is 2.56. The molecule has 0 saturated heterocycles. The maximum absolute atomic E-state index is 14.0. The first-order valence-electron chi connectivity index (χ1n) is 11.1. The van der Waals surface area contributed by atoms with Gasteiger partial charge >= 0.3 is 0 Å². The maximum atomic E-state index is 14.0. The minimum absolute atomic E-state index is 0.0289. The van der Waals surface area contributed by atoms with Crippen LogP contribution in [0.1, 0.15) is 46.9 Å². The molecule has 1 aliphatic heterocycles. The van der Waals surface area contributed by atoms with Crippen molar-refractivity contribution >= 4 is 12.2 Å². The Morgan fingerprint density at radius 1 is 1.09 bits per heavy atom. The number of hydrogen-bond acceptors (Lipinski definition) is 4. The molecule has 0 fully saturated rings. The third kappa shape index (κ3) is 3.91. The largest absolute Gasteiger partial charge is 0.306 e. The molecule has 35 heavy (non-hydrogen) atoms. The van der Waals surface area contributed by atoms with E-state index in [-0.39, 0.29) is 5.56 Å². The monoisotopic (exact) mass is 474 g/mol. The van der Waals surface area contributed by atoms with Crippen LogP contribution in [0.25, 0.3) is 17.8 Å². The van der Waals surface area contributed by atoms with Gasteiger partial charge in [0.15, 0.2) is 29.1 Å². The number of rotatable bonds is 4. The first-order valence-corrected chi connectivity index (χ1v) is 11.1. The minimum atomic E-state index is -1.56. The number of fused-ring (bicyclic) bond motifs is 1. The maximum Gasteiger partial charge on any atom is 0.194 e. The Kier molecular flexibility index (Phi) is 5.52. The molecule has 3 heterocycles. The number of benzene rings is 2. The highest BCUT2D eigenvalue weighted by Crippen LogP contribution is 2.39. The van der Waals surface area contributed by atoms with Crippen LogP contribution in [0, 0.1) is 42.6 Å². The van der Waals surface area contributed by atoms with Crippen LogP contribution >= 0.6 is 0 Å². The molecule has 176 valence electrons. The fourth-order valence-corrected chi connectivity index (χ4v) is 4.55. The molecule has 0 bridgehead atoms. The number of aryl methyl sites for hydroxylation is 3. The van der Waals surface area contributed by atoms with Crippen molar-refractivity contribution in [3.05, 3.63) is 94.3 Å². The van der Waals surface area contributed by atoms with Crippen molar-refractivity contribution in [2.45, 2.75) is 38.6 Å². The van der Waals surface area contributed by atoms with Gasteiger partial charge in [0.1, 0.15) is 5.41 Å². The van der Waals surface area contributed by atoms with Gasteiger partial charge in [-0.3, -0.25) is 0 Å². The Morgan fingerprint density at radius 3 is 2.51 bits per heavy atom. The van der Waals surface area contributed by atoms with Crippen molar-refractivity contribution in [1.82, 2.24) is 24.3 Å². The molecule has 0 N–H and O–H groups in total. The molecule has 4 aromatic rings. The molecule has 0 spiro atoms. The van der Waals surface area contributed by atoms with Crippen molar-refractivity contribution in [2.24, 2.45) is 0 Å². The van der Waals surface area contributed by atoms with E-state index >= 15 is 0 Å². The summed E-state index contributed by atoms with van der Waals surface area (Å²) in [6.07, 6.45) is 8.18. The average molecular weight is 474 g/mol. The summed E-state index contributed by atoms with van der Waals surface area (Å²) in [6, 6.07) is 9.90. The lowest BCUT2D eigenvalue weighted by Gasteiger charge is -2.30. The second-order valence-electron chi connectivity index (χ2n) is 8.69. The quantitative estimate of drug-likeness (QED) is 0.378. The van der Waals surface area contributed by atoms with Gasteiger partial charge in [-0.05, 0) is 73.7 Å². The summed E-state index contributed by atoms with van der Waals surface area (Å²) in [5, 5.41) is 14.5. The second-order valence-corrected chi connectivity index (χ2v) is 8.69. The lowest BCUT2D eigenvalue weighted by atomic mass is 9.75. The van der Waals surface area contributed by atoms with Crippen LogP contribution in [0.4, 0.5) is 13.2 Å². The van der Waals surface area contributed by atoms with E-state index < -0.39 is 22.9 Å². The highest BCUT2D eigenvalue weighted by Gasteiger charge is 2.43. The number of hydrogen-bond donors (Lipinski definition) is 0.